The molecule has 0 aliphatic heterocycles. The molecule has 0 aliphatic carbocycles. The van der Waals surface area contributed by atoms with Crippen LogP contribution < -0.4 is 0 Å². The number of nitrogens with zero attached hydrogens (tertiary/aromatic N) is 2. The Labute approximate surface area is 145 Å². The van der Waals surface area contributed by atoms with Crippen LogP contribution in [0.25, 0.3) is 10.6 Å². The first kappa shape index (κ1) is 25.2. The van der Waals surface area contributed by atoms with E-state index in [0.29, 0.717) is 0 Å². The smallest absolute Gasteiger partial charge is 0.663 e. The van der Waals surface area contributed by atoms with E-state index < -0.39 is 0 Å². The van der Waals surface area contributed by atoms with E-state index in [4.69, 9.17) is 0 Å². The van der Waals surface area contributed by atoms with Crippen LogP contribution in [0.15, 0.2) is 36.7 Å². The van der Waals surface area contributed by atoms with Crippen molar-refractivity contribution in [3.63, 3.8) is 0 Å². The van der Waals surface area contributed by atoms with E-state index in [-0.39, 0.29) is 21.7 Å². The van der Waals surface area contributed by atoms with Gasteiger partial charge < -0.3 is 20.6 Å². The molecule has 0 spiro atoms. The van der Waals surface area contributed by atoms with Gasteiger partial charge in [-0.05, 0) is 0 Å². The molecule has 116 valence electrons. The minimum Gasteiger partial charge on any atom is -0.663 e. The van der Waals surface area contributed by atoms with Gasteiger partial charge in [0.25, 0.3) is 0 Å². The van der Waals surface area contributed by atoms with Crippen molar-refractivity contribution in [1.29, 1.82) is 0 Å². The van der Waals surface area contributed by atoms with Crippen LogP contribution in [0.1, 0.15) is 27.7 Å². The third kappa shape index (κ3) is 32.6. The number of hydrogen-bond donors (Lipinski definition) is 2. The Balaban J connectivity index is -0.000000202. The van der Waals surface area contributed by atoms with Crippen molar-refractivity contribution >= 4 is 0 Å². The second-order valence-corrected chi connectivity index (χ2v) is 3.34. The Bertz CT molecular complexity index is 225. The second kappa shape index (κ2) is 27.5. The molecule has 5 heteroatoms. The van der Waals surface area contributed by atoms with Crippen LogP contribution in [0.5, 0.6) is 0 Å². The first-order chi connectivity index (χ1) is 9.83. The van der Waals surface area contributed by atoms with Gasteiger partial charge >= 0.3 is 21.7 Å². The molecular formula is C16H28N4Ti. The number of aromatic nitrogens is 2. The van der Waals surface area contributed by atoms with Crippen molar-refractivity contribution in [2.75, 3.05) is 26.2 Å². The minimum absolute atomic E-state index is 0. The molecule has 0 unspecified atom stereocenters. The normalized spacial score (nSPS) is 7.81. The van der Waals surface area contributed by atoms with Gasteiger partial charge in [0.2, 0.25) is 0 Å². The van der Waals surface area contributed by atoms with Crippen LogP contribution in [0.2, 0.25) is 0 Å². The molecule has 2 N–H and O–H groups in total. The zero-order valence-electron chi connectivity index (χ0n) is 13.7. The van der Waals surface area contributed by atoms with Gasteiger partial charge in [0, 0.05) is 0 Å². The van der Waals surface area contributed by atoms with E-state index >= 15 is 0 Å². The zero-order chi connectivity index (χ0) is 15.3. The largest absolute Gasteiger partial charge is 4.00 e. The van der Waals surface area contributed by atoms with Gasteiger partial charge in [0.05, 0.1) is 0 Å². The molecule has 2 aromatic heterocycles. The predicted molar refractivity (Wildman–Crippen MR) is 88.1 cm³/mol. The van der Waals surface area contributed by atoms with Crippen LogP contribution in [0, 0.1) is 12.4 Å². The summed E-state index contributed by atoms with van der Waals surface area (Å²) < 4.78 is 0. The number of aromatic amines is 2. The zero-order valence-corrected chi connectivity index (χ0v) is 15.2. The second-order valence-electron chi connectivity index (χ2n) is 3.34. The van der Waals surface area contributed by atoms with E-state index in [1.807, 2.05) is 64.4 Å². The van der Waals surface area contributed by atoms with Crippen molar-refractivity contribution in [1.82, 2.24) is 9.97 Å². The molecule has 0 aliphatic rings. The standard InChI is InChI=1S/2C4H4N.2C4H10N.Ti/c2*1-2-4-5-3-1;2*1-3-5-4-2;/h2*1-3,5H;2*3-4H2,1-2H3;/q4*-1;+4. The van der Waals surface area contributed by atoms with Crippen molar-refractivity contribution in [3.05, 3.63) is 59.7 Å². The third-order valence-corrected chi connectivity index (χ3v) is 1.78. The molecule has 4 nitrogen and oxygen atoms in total. The van der Waals surface area contributed by atoms with Gasteiger partial charge in [-0.15, -0.1) is 12.4 Å². The van der Waals surface area contributed by atoms with E-state index in [1.54, 1.807) is 0 Å². The molecule has 2 aromatic rings. The fraction of sp³-hybridized carbons (Fsp3) is 0.500. The van der Waals surface area contributed by atoms with Crippen LogP contribution in [0.3, 0.4) is 0 Å². The maximum absolute atomic E-state index is 3.97. The number of H-pyrrole nitrogens is 2. The fourth-order valence-corrected chi connectivity index (χ4v) is 0.928. The van der Waals surface area contributed by atoms with Crippen LogP contribution in [-0.4, -0.2) is 36.1 Å². The van der Waals surface area contributed by atoms with E-state index in [1.165, 1.54) is 0 Å². The fourth-order valence-electron chi connectivity index (χ4n) is 0.928. The van der Waals surface area contributed by atoms with Crippen LogP contribution in [0.4, 0.5) is 0 Å². The SMILES string of the molecule is CC[N-]CC.CC[N-]CC.[Ti+4].[c-]1ccc[nH]1.[c-]1ccc[nH]1. The maximum atomic E-state index is 3.97. The van der Waals surface area contributed by atoms with Gasteiger partial charge in [-0.25, -0.2) is 0 Å². The van der Waals surface area contributed by atoms with Crippen molar-refractivity contribution < 1.29 is 21.7 Å². The van der Waals surface area contributed by atoms with Gasteiger partial charge in [0.15, 0.2) is 0 Å². The predicted octanol–water partition coefficient (Wildman–Crippen LogP) is 4.43. The monoisotopic (exact) mass is 324 g/mol. The molecule has 2 rings (SSSR count). The topological polar surface area (TPSA) is 59.8 Å². The summed E-state index contributed by atoms with van der Waals surface area (Å²) >= 11 is 0. The average molecular weight is 324 g/mol. The molecule has 0 aromatic carbocycles. The summed E-state index contributed by atoms with van der Waals surface area (Å²) in [5.74, 6) is 0. The molecule has 0 amide bonds. The molecule has 0 atom stereocenters. The number of rotatable bonds is 4. The Morgan fingerprint density at radius 3 is 1.10 bits per heavy atom. The van der Waals surface area contributed by atoms with E-state index in [2.05, 4.69) is 33.0 Å². The molecule has 2 heterocycles. The summed E-state index contributed by atoms with van der Waals surface area (Å²) in [5.41, 5.74) is 0. The summed E-state index contributed by atoms with van der Waals surface area (Å²) in [7, 11) is 0. The Kier molecular flexibility index (Phi) is 33.0. The number of nitrogens with one attached hydrogen (secondary N) is 2. The van der Waals surface area contributed by atoms with Gasteiger partial charge in [-0.1, -0.05) is 27.7 Å². The average Bonchev–Trinajstić information content (AvgIpc) is 3.20. The first-order valence-corrected chi connectivity index (χ1v) is 7.08. The molecule has 0 radical (unpaired) electrons. The van der Waals surface area contributed by atoms with Gasteiger partial charge in [0.1, 0.15) is 0 Å². The van der Waals surface area contributed by atoms with Crippen LogP contribution in [-0.2, 0) is 21.7 Å². The molecular weight excluding hydrogens is 296 g/mol. The van der Waals surface area contributed by atoms with Crippen molar-refractivity contribution in [2.24, 2.45) is 0 Å². The van der Waals surface area contributed by atoms with E-state index in [9.17, 15) is 0 Å². The summed E-state index contributed by atoms with van der Waals surface area (Å²) in [4.78, 5) is 5.47. The Morgan fingerprint density at radius 1 is 0.714 bits per heavy atom. The molecule has 21 heavy (non-hydrogen) atoms. The third-order valence-electron chi connectivity index (χ3n) is 1.78. The molecule has 0 saturated heterocycles. The van der Waals surface area contributed by atoms with Crippen molar-refractivity contribution in [2.45, 2.75) is 27.7 Å². The van der Waals surface area contributed by atoms with E-state index in [0.717, 1.165) is 26.2 Å². The van der Waals surface area contributed by atoms with Gasteiger partial charge in [-0.2, -0.15) is 62.8 Å². The Morgan fingerprint density at radius 2 is 1.05 bits per heavy atom. The molecule has 0 fully saturated rings. The minimum atomic E-state index is 0. The van der Waals surface area contributed by atoms with Gasteiger partial charge in [-0.3, -0.25) is 0 Å². The Hall–Kier alpha value is -0.806. The maximum Gasteiger partial charge on any atom is 4.00 e. The summed E-state index contributed by atoms with van der Waals surface area (Å²) in [6, 6.07) is 7.42. The summed E-state index contributed by atoms with van der Waals surface area (Å²) in [5, 5.41) is 7.94. The molecule has 0 bridgehead atoms. The quantitative estimate of drug-likeness (QED) is 0.617. The van der Waals surface area contributed by atoms with Crippen molar-refractivity contribution in [3.8, 4) is 0 Å². The van der Waals surface area contributed by atoms with Crippen LogP contribution >= 0.6 is 0 Å². The number of hydrogen-bond acceptors (Lipinski definition) is 0. The summed E-state index contributed by atoms with van der Waals surface area (Å²) in [6.45, 7) is 12.1. The molecule has 0 saturated carbocycles. The first-order valence-electron chi connectivity index (χ1n) is 7.08. The summed E-state index contributed by atoms with van der Waals surface area (Å²) in [6.07, 6.45) is 9.11.